The van der Waals surface area contributed by atoms with E-state index in [1.807, 2.05) is 26.0 Å². The van der Waals surface area contributed by atoms with Crippen molar-refractivity contribution >= 4 is 28.0 Å². The van der Waals surface area contributed by atoms with Crippen molar-refractivity contribution < 1.29 is 81.3 Å². The summed E-state index contributed by atoms with van der Waals surface area (Å²) >= 11 is 0. The molecule has 0 saturated heterocycles. The Hall–Kier alpha value is -3.42. The van der Waals surface area contributed by atoms with E-state index in [1.54, 1.807) is 60.7 Å². The molecule has 0 aliphatic carbocycles. The molecule has 2 N–H and O–H groups in total. The molecule has 11 nitrogen and oxygen atoms in total. The van der Waals surface area contributed by atoms with Crippen molar-refractivity contribution in [3.8, 4) is 11.5 Å². The molecule has 4 rings (SSSR count). The number of phenols is 2. The van der Waals surface area contributed by atoms with E-state index in [0.29, 0.717) is 5.56 Å². The van der Waals surface area contributed by atoms with Gasteiger partial charge in [0.25, 0.3) is 0 Å². The molecular formula is C40H51NaO11S. The van der Waals surface area contributed by atoms with Crippen molar-refractivity contribution in [1.29, 1.82) is 0 Å². The first-order valence-corrected chi connectivity index (χ1v) is 19.5. The van der Waals surface area contributed by atoms with Gasteiger partial charge in [0.2, 0.25) is 0 Å². The predicted molar refractivity (Wildman–Crippen MR) is 195 cm³/mol. The maximum atomic E-state index is 12.4. The minimum absolute atomic E-state index is 0. The number of rotatable bonds is 18. The van der Waals surface area contributed by atoms with Crippen molar-refractivity contribution in [1.82, 2.24) is 0 Å². The van der Waals surface area contributed by atoms with Crippen LogP contribution in [0.2, 0.25) is 0 Å². The van der Waals surface area contributed by atoms with E-state index in [-0.39, 0.29) is 66.1 Å². The summed E-state index contributed by atoms with van der Waals surface area (Å²) < 4.78 is 50.4. The van der Waals surface area contributed by atoms with Crippen LogP contribution in [0.3, 0.4) is 0 Å². The Bertz CT molecular complexity index is 1660. The summed E-state index contributed by atoms with van der Waals surface area (Å²) in [5.74, 6) is -1.87. The van der Waals surface area contributed by atoms with E-state index >= 15 is 0 Å². The third-order valence-corrected chi connectivity index (χ3v) is 10.4. The number of hydrogen-bond acceptors (Lipinski definition) is 11. The van der Waals surface area contributed by atoms with Gasteiger partial charge in [0, 0.05) is 16.7 Å². The molecule has 0 fully saturated rings. The van der Waals surface area contributed by atoms with Crippen LogP contribution in [-0.2, 0) is 39.5 Å². The average Bonchev–Trinajstić information content (AvgIpc) is 3.43. The summed E-state index contributed by atoms with van der Waals surface area (Å²) in [7, 11) is -5.01. The smallest absolute Gasteiger partial charge is 0.747 e. The Labute approximate surface area is 335 Å². The molecule has 3 aromatic carbocycles. The summed E-state index contributed by atoms with van der Waals surface area (Å²) in [4.78, 5) is 36.6. The number of unbranched alkanes of at least 4 members (excludes halogenated alkanes) is 2. The monoisotopic (exact) mass is 762 g/mol. The van der Waals surface area contributed by atoms with Gasteiger partial charge in [-0.1, -0.05) is 109 Å². The van der Waals surface area contributed by atoms with Crippen molar-refractivity contribution in [2.75, 3.05) is 13.2 Å². The molecule has 284 valence electrons. The zero-order valence-electron chi connectivity index (χ0n) is 31.4. The van der Waals surface area contributed by atoms with Crippen molar-refractivity contribution in [2.45, 2.75) is 96.3 Å². The molecule has 0 saturated carbocycles. The Balaban J connectivity index is 0.000000362. The van der Waals surface area contributed by atoms with Gasteiger partial charge in [-0.25, -0.2) is 13.2 Å². The topological polar surface area (TPSA) is 177 Å². The number of hydrogen-bond donors (Lipinski definition) is 2. The second-order valence-corrected chi connectivity index (χ2v) is 14.6. The molecule has 0 aromatic heterocycles. The molecule has 1 heterocycles. The standard InChI is InChI=1S/C20H38O7S.C20H14O4.Na/c1-5-9-11-16(7-3)14-26-19(21)13-18(28(23,24)25)20(22)27-15-17(8-4)12-10-6-2;21-15-9-5-13(6-10-15)20(14-7-11-16(22)12-8-14)18-4-2-1-3-17(18)19(23)24-20;/h16-18H,5-15H2,1-4H3,(H,23,24,25);1-12,21-22H;/q;;+1/p-1. The quantitative estimate of drug-likeness (QED) is 0.0815. The predicted octanol–water partition coefficient (Wildman–Crippen LogP) is 4.37. The number of aromatic hydroxyl groups is 2. The number of fused-ring (bicyclic) bond motifs is 1. The number of carbonyl (C=O) groups is 3. The van der Waals surface area contributed by atoms with Crippen molar-refractivity contribution in [3.05, 3.63) is 95.1 Å². The minimum atomic E-state index is -5.01. The zero-order valence-corrected chi connectivity index (χ0v) is 34.2. The molecule has 0 spiro atoms. The van der Waals surface area contributed by atoms with Gasteiger partial charge >= 0.3 is 47.5 Å². The maximum absolute atomic E-state index is 12.4. The SMILES string of the molecule is CCCCC(CC)COC(=O)CC(C(=O)OCC(CC)CCCC)S(=O)(=O)[O-].O=C1OC(c2ccc(O)cc2)(c2ccc(O)cc2)c2ccccc21.[Na+]. The van der Waals surface area contributed by atoms with Gasteiger partial charge in [-0.3, -0.25) is 9.59 Å². The van der Waals surface area contributed by atoms with Crippen LogP contribution in [0.1, 0.15) is 113 Å². The third kappa shape index (κ3) is 12.8. The number of benzene rings is 3. The van der Waals surface area contributed by atoms with Crippen LogP contribution in [0.4, 0.5) is 0 Å². The van der Waals surface area contributed by atoms with Gasteiger partial charge in [-0.2, -0.15) is 0 Å². The van der Waals surface area contributed by atoms with E-state index in [2.05, 4.69) is 13.8 Å². The van der Waals surface area contributed by atoms with Crippen LogP contribution >= 0.6 is 0 Å². The van der Waals surface area contributed by atoms with E-state index in [0.717, 1.165) is 68.1 Å². The molecule has 3 aromatic rings. The van der Waals surface area contributed by atoms with Crippen molar-refractivity contribution in [3.63, 3.8) is 0 Å². The molecule has 0 radical (unpaired) electrons. The fourth-order valence-electron chi connectivity index (χ4n) is 6.02. The number of esters is 3. The first-order chi connectivity index (χ1) is 24.8. The molecule has 3 unspecified atom stereocenters. The van der Waals surface area contributed by atoms with Gasteiger partial charge in [-0.05, 0) is 55.0 Å². The normalized spacial score (nSPS) is 14.6. The van der Waals surface area contributed by atoms with E-state index in [9.17, 15) is 37.6 Å². The van der Waals surface area contributed by atoms with Crippen LogP contribution < -0.4 is 29.6 Å². The average molecular weight is 763 g/mol. The van der Waals surface area contributed by atoms with Gasteiger partial charge in [0.05, 0.1) is 25.2 Å². The molecule has 1 aliphatic rings. The fourth-order valence-corrected chi connectivity index (χ4v) is 6.66. The van der Waals surface area contributed by atoms with Crippen LogP contribution in [-0.4, -0.2) is 59.6 Å². The number of ether oxygens (including phenoxy) is 3. The van der Waals surface area contributed by atoms with Crippen LogP contribution in [0.25, 0.3) is 0 Å². The summed E-state index contributed by atoms with van der Waals surface area (Å²) in [6, 6.07) is 20.4. The van der Waals surface area contributed by atoms with Gasteiger partial charge in [0.15, 0.2) is 10.9 Å². The van der Waals surface area contributed by atoms with Crippen LogP contribution in [0, 0.1) is 11.8 Å². The van der Waals surface area contributed by atoms with E-state index < -0.39 is 45.3 Å². The van der Waals surface area contributed by atoms with Crippen LogP contribution in [0.5, 0.6) is 11.5 Å². The Morgan fingerprint density at radius 2 is 1.25 bits per heavy atom. The maximum Gasteiger partial charge on any atom is 1.00 e. The minimum Gasteiger partial charge on any atom is -0.747 e. The largest absolute Gasteiger partial charge is 1.00 e. The molecule has 0 amide bonds. The molecule has 53 heavy (non-hydrogen) atoms. The third-order valence-electron chi connectivity index (χ3n) is 9.31. The number of carbonyl (C=O) groups excluding carboxylic acids is 3. The zero-order chi connectivity index (χ0) is 38.3. The second-order valence-electron chi connectivity index (χ2n) is 13.0. The van der Waals surface area contributed by atoms with Gasteiger partial charge in [0.1, 0.15) is 21.6 Å². The Morgan fingerprint density at radius 1 is 0.774 bits per heavy atom. The molecule has 0 bridgehead atoms. The Morgan fingerprint density at radius 3 is 1.70 bits per heavy atom. The molecule has 1 aliphatic heterocycles. The molecule has 13 heteroatoms. The summed E-state index contributed by atoms with van der Waals surface area (Å²) in [5, 5.41) is 17.1. The summed E-state index contributed by atoms with van der Waals surface area (Å²) in [6.07, 6.45) is 6.58. The Kier molecular flexibility index (Phi) is 19.1. The summed E-state index contributed by atoms with van der Waals surface area (Å²) in [5.41, 5.74) is 1.60. The van der Waals surface area contributed by atoms with Gasteiger partial charge in [-0.15, -0.1) is 0 Å². The number of phenolic OH excluding ortho intramolecular Hbond substituents is 2. The van der Waals surface area contributed by atoms with Crippen LogP contribution in [0.15, 0.2) is 72.8 Å². The summed E-state index contributed by atoms with van der Waals surface area (Å²) in [6.45, 7) is 8.26. The van der Waals surface area contributed by atoms with E-state index in [4.69, 9.17) is 14.2 Å². The van der Waals surface area contributed by atoms with Crippen molar-refractivity contribution in [2.24, 2.45) is 11.8 Å². The van der Waals surface area contributed by atoms with E-state index in [1.165, 1.54) is 0 Å². The number of cyclic esters (lactones) is 1. The first kappa shape index (κ1) is 45.7. The van der Waals surface area contributed by atoms with Gasteiger partial charge < -0.3 is 29.0 Å². The second kappa shape index (κ2) is 22.1. The fraction of sp³-hybridized carbons (Fsp3) is 0.475. The first-order valence-electron chi connectivity index (χ1n) is 18.0. The molecule has 3 atom stereocenters. The molecular weight excluding hydrogens is 711 g/mol.